The second-order valence-corrected chi connectivity index (χ2v) is 6.99. The highest BCUT2D eigenvalue weighted by Gasteiger charge is 2.38. The zero-order valence-electron chi connectivity index (χ0n) is 13.3. The van der Waals surface area contributed by atoms with Crippen molar-refractivity contribution in [3.8, 4) is 0 Å². The molecule has 20 heavy (non-hydrogen) atoms. The summed E-state index contributed by atoms with van der Waals surface area (Å²) in [6.07, 6.45) is 0.387. The van der Waals surface area contributed by atoms with Gasteiger partial charge in [-0.3, -0.25) is 0 Å². The van der Waals surface area contributed by atoms with Crippen LogP contribution in [0.3, 0.4) is 0 Å². The number of hydrogen-bond acceptors (Lipinski definition) is 3. The van der Waals surface area contributed by atoms with Crippen LogP contribution in [-0.4, -0.2) is 29.4 Å². The fourth-order valence-corrected chi connectivity index (χ4v) is 3.11. The Balaban J connectivity index is 2.18. The van der Waals surface area contributed by atoms with Crippen LogP contribution in [-0.2, 0) is 4.74 Å². The van der Waals surface area contributed by atoms with E-state index in [2.05, 4.69) is 44.7 Å². The molecule has 1 atom stereocenters. The maximum Gasteiger partial charge on any atom is 0.0808 e. The Kier molecular flexibility index (Phi) is 4.12. The van der Waals surface area contributed by atoms with Crippen LogP contribution in [0.2, 0.25) is 0 Å². The molecule has 3 heteroatoms. The summed E-state index contributed by atoms with van der Waals surface area (Å²) in [5, 5.41) is 9.86. The van der Waals surface area contributed by atoms with E-state index >= 15 is 0 Å². The van der Waals surface area contributed by atoms with Gasteiger partial charge >= 0.3 is 0 Å². The summed E-state index contributed by atoms with van der Waals surface area (Å²) < 4.78 is 6.11. The van der Waals surface area contributed by atoms with Gasteiger partial charge in [-0.05, 0) is 51.8 Å². The summed E-state index contributed by atoms with van der Waals surface area (Å²) in [5.74, 6) is 0. The second-order valence-electron chi connectivity index (χ2n) is 6.99. The molecule has 0 radical (unpaired) electrons. The van der Waals surface area contributed by atoms with Crippen molar-refractivity contribution in [2.75, 3.05) is 18.0 Å². The minimum atomic E-state index is -0.360. The van der Waals surface area contributed by atoms with Gasteiger partial charge in [-0.25, -0.2) is 0 Å². The third-order valence-electron chi connectivity index (χ3n) is 3.73. The maximum absolute atomic E-state index is 9.86. The molecule has 3 nitrogen and oxygen atoms in total. The van der Waals surface area contributed by atoms with E-state index in [1.165, 1.54) is 5.69 Å². The average molecular weight is 277 g/mol. The third-order valence-corrected chi connectivity index (χ3v) is 3.73. The lowest BCUT2D eigenvalue weighted by Gasteiger charge is -2.48. The average Bonchev–Trinajstić information content (AvgIpc) is 2.34. The Bertz CT molecular complexity index is 435. The van der Waals surface area contributed by atoms with Crippen molar-refractivity contribution >= 4 is 5.69 Å². The molecule has 1 N–H and O–H groups in total. The number of aliphatic hydroxyl groups is 1. The van der Waals surface area contributed by atoms with Gasteiger partial charge in [0, 0.05) is 18.8 Å². The summed E-state index contributed by atoms with van der Waals surface area (Å²) in [4.78, 5) is 2.37. The third kappa shape index (κ3) is 3.53. The topological polar surface area (TPSA) is 32.7 Å². The molecule has 1 aliphatic heterocycles. The number of nitrogens with zero attached hydrogens (tertiary/aromatic N) is 1. The van der Waals surface area contributed by atoms with Crippen LogP contribution in [0.15, 0.2) is 24.3 Å². The van der Waals surface area contributed by atoms with Gasteiger partial charge in [0.15, 0.2) is 0 Å². The van der Waals surface area contributed by atoms with Crippen LogP contribution in [0.1, 0.15) is 52.7 Å². The molecule has 0 saturated carbocycles. The largest absolute Gasteiger partial charge is 0.388 e. The molecule has 1 aliphatic rings. The number of rotatable bonds is 3. The number of benzene rings is 1. The van der Waals surface area contributed by atoms with Crippen molar-refractivity contribution in [2.24, 2.45) is 0 Å². The molecule has 0 aliphatic carbocycles. The van der Waals surface area contributed by atoms with Crippen molar-refractivity contribution in [3.63, 3.8) is 0 Å². The van der Waals surface area contributed by atoms with Gasteiger partial charge < -0.3 is 14.7 Å². The molecule has 2 rings (SSSR count). The van der Waals surface area contributed by atoms with Crippen molar-refractivity contribution in [2.45, 2.75) is 58.3 Å². The monoisotopic (exact) mass is 277 g/mol. The first-order valence-electron chi connectivity index (χ1n) is 7.46. The van der Waals surface area contributed by atoms with E-state index < -0.39 is 0 Å². The van der Waals surface area contributed by atoms with E-state index in [-0.39, 0.29) is 17.3 Å². The predicted molar refractivity (Wildman–Crippen MR) is 83.1 cm³/mol. The smallest absolute Gasteiger partial charge is 0.0808 e. The molecule has 0 bridgehead atoms. The summed E-state index contributed by atoms with van der Waals surface area (Å²) in [7, 11) is 0. The van der Waals surface area contributed by atoms with Gasteiger partial charge in [0.05, 0.1) is 17.3 Å². The quantitative estimate of drug-likeness (QED) is 0.917. The SMILES string of the molecule is CC[C@H](O)c1ccc(N2CC(C)(C)OC(C)(C)C2)cc1. The van der Waals surface area contributed by atoms with Gasteiger partial charge in [-0.1, -0.05) is 19.1 Å². The Morgan fingerprint density at radius 2 is 1.60 bits per heavy atom. The summed E-state index contributed by atoms with van der Waals surface area (Å²) in [6, 6.07) is 8.26. The molecule has 0 unspecified atom stereocenters. The lowest BCUT2D eigenvalue weighted by molar-refractivity contribution is -0.133. The molecule has 1 fully saturated rings. The summed E-state index contributed by atoms with van der Waals surface area (Å²) in [6.45, 7) is 12.3. The van der Waals surface area contributed by atoms with Crippen molar-refractivity contribution in [3.05, 3.63) is 29.8 Å². The molecule has 112 valence electrons. The highest BCUT2D eigenvalue weighted by molar-refractivity contribution is 5.49. The van der Waals surface area contributed by atoms with Gasteiger partial charge in [-0.2, -0.15) is 0 Å². The minimum absolute atomic E-state index is 0.149. The summed E-state index contributed by atoms with van der Waals surface area (Å²) in [5.41, 5.74) is 1.89. The van der Waals surface area contributed by atoms with E-state index in [9.17, 15) is 5.11 Å². The van der Waals surface area contributed by atoms with Crippen molar-refractivity contribution < 1.29 is 9.84 Å². The van der Waals surface area contributed by atoms with Gasteiger partial charge in [-0.15, -0.1) is 0 Å². The predicted octanol–water partition coefficient (Wildman–Crippen LogP) is 3.52. The molecule has 1 aromatic carbocycles. The molecular weight excluding hydrogens is 250 g/mol. The van der Waals surface area contributed by atoms with Gasteiger partial charge in [0.2, 0.25) is 0 Å². The van der Waals surface area contributed by atoms with Crippen LogP contribution >= 0.6 is 0 Å². The normalized spacial score (nSPS) is 22.6. The Morgan fingerprint density at radius 3 is 2.05 bits per heavy atom. The number of anilines is 1. The molecule has 1 saturated heterocycles. The fourth-order valence-electron chi connectivity index (χ4n) is 3.11. The number of aliphatic hydroxyl groups excluding tert-OH is 1. The minimum Gasteiger partial charge on any atom is -0.388 e. The van der Waals surface area contributed by atoms with Crippen LogP contribution in [0.25, 0.3) is 0 Å². The van der Waals surface area contributed by atoms with E-state index in [4.69, 9.17) is 4.74 Å². The molecule has 0 spiro atoms. The lowest BCUT2D eigenvalue weighted by Crippen LogP contribution is -2.57. The zero-order valence-corrected chi connectivity index (χ0v) is 13.3. The highest BCUT2D eigenvalue weighted by atomic mass is 16.5. The molecule has 0 aromatic heterocycles. The van der Waals surface area contributed by atoms with Crippen LogP contribution in [0, 0.1) is 0 Å². The standard InChI is InChI=1S/C17H27NO2/c1-6-15(19)13-7-9-14(10-8-13)18-11-16(2,3)20-17(4,5)12-18/h7-10,15,19H,6,11-12H2,1-5H3/t15-/m0/s1. The zero-order chi connectivity index (χ0) is 15.0. The summed E-state index contributed by atoms with van der Waals surface area (Å²) >= 11 is 0. The fraction of sp³-hybridized carbons (Fsp3) is 0.647. The first kappa shape index (κ1) is 15.3. The van der Waals surface area contributed by atoms with E-state index in [0.29, 0.717) is 0 Å². The number of ether oxygens (including phenoxy) is 1. The first-order valence-corrected chi connectivity index (χ1v) is 7.46. The van der Waals surface area contributed by atoms with Crippen LogP contribution < -0.4 is 4.90 Å². The van der Waals surface area contributed by atoms with Crippen molar-refractivity contribution in [1.29, 1.82) is 0 Å². The van der Waals surface area contributed by atoms with E-state index in [1.54, 1.807) is 0 Å². The Morgan fingerprint density at radius 1 is 1.10 bits per heavy atom. The molecule has 0 amide bonds. The second kappa shape index (κ2) is 5.38. The first-order chi connectivity index (χ1) is 9.22. The maximum atomic E-state index is 9.86. The Labute approximate surface area is 122 Å². The molecule has 1 aromatic rings. The number of hydrogen-bond donors (Lipinski definition) is 1. The molecule has 1 heterocycles. The van der Waals surface area contributed by atoms with Crippen molar-refractivity contribution in [1.82, 2.24) is 0 Å². The highest BCUT2D eigenvalue weighted by Crippen LogP contribution is 2.32. The number of morpholine rings is 1. The van der Waals surface area contributed by atoms with E-state index in [1.807, 2.05) is 19.1 Å². The Hall–Kier alpha value is -1.06. The van der Waals surface area contributed by atoms with Gasteiger partial charge in [0.25, 0.3) is 0 Å². The molecular formula is C17H27NO2. The van der Waals surface area contributed by atoms with E-state index in [0.717, 1.165) is 25.1 Å². The van der Waals surface area contributed by atoms with Crippen LogP contribution in [0.5, 0.6) is 0 Å². The van der Waals surface area contributed by atoms with Crippen LogP contribution in [0.4, 0.5) is 5.69 Å². The lowest BCUT2D eigenvalue weighted by atomic mass is 9.98. The van der Waals surface area contributed by atoms with Gasteiger partial charge in [0.1, 0.15) is 0 Å².